The summed E-state index contributed by atoms with van der Waals surface area (Å²) in [5.74, 6) is 1.40. The van der Waals surface area contributed by atoms with Crippen LogP contribution in [0.25, 0.3) is 10.2 Å². The first-order valence-corrected chi connectivity index (χ1v) is 11.9. The molecule has 1 fully saturated rings. The van der Waals surface area contributed by atoms with Gasteiger partial charge in [0.25, 0.3) is 0 Å². The molecule has 3 heterocycles. The van der Waals surface area contributed by atoms with Gasteiger partial charge in [-0.25, -0.2) is 14.8 Å². The Hall–Kier alpha value is -1.81. The second-order valence-electron chi connectivity index (χ2n) is 8.58. The zero-order chi connectivity index (χ0) is 22.5. The molecule has 0 bridgehead atoms. The van der Waals surface area contributed by atoms with Crippen molar-refractivity contribution in [1.29, 1.82) is 0 Å². The fourth-order valence-electron chi connectivity index (χ4n) is 3.89. The Labute approximate surface area is 189 Å². The number of ether oxygens (including phenoxy) is 1. The number of rotatable bonds is 9. The monoisotopic (exact) mass is 448 g/mol. The number of aryl methyl sites for hydroxylation is 1. The molecule has 172 valence electrons. The van der Waals surface area contributed by atoms with Crippen molar-refractivity contribution in [3.8, 4) is 0 Å². The van der Waals surface area contributed by atoms with Crippen LogP contribution in [0.2, 0.25) is 0 Å². The summed E-state index contributed by atoms with van der Waals surface area (Å²) in [5, 5.41) is 0.970. The molecule has 0 aromatic carbocycles. The van der Waals surface area contributed by atoms with E-state index in [0.717, 1.165) is 73.1 Å². The highest BCUT2D eigenvalue weighted by Crippen LogP contribution is 2.35. The van der Waals surface area contributed by atoms with Crippen LogP contribution in [0.1, 0.15) is 34.4 Å². The number of hydrogen-bond donors (Lipinski definition) is 0. The number of thiophene rings is 1. The van der Waals surface area contributed by atoms with Gasteiger partial charge in [0.15, 0.2) is 0 Å². The van der Waals surface area contributed by atoms with E-state index in [2.05, 4.69) is 33.7 Å². The van der Waals surface area contributed by atoms with Crippen LogP contribution in [0, 0.1) is 6.92 Å². The van der Waals surface area contributed by atoms with Crippen LogP contribution >= 0.6 is 11.3 Å². The molecule has 31 heavy (non-hydrogen) atoms. The van der Waals surface area contributed by atoms with E-state index in [4.69, 9.17) is 14.7 Å². The Balaban J connectivity index is 1.82. The zero-order valence-corrected chi connectivity index (χ0v) is 20.6. The van der Waals surface area contributed by atoms with Gasteiger partial charge < -0.3 is 24.3 Å². The van der Waals surface area contributed by atoms with Gasteiger partial charge in [0.2, 0.25) is 0 Å². The predicted octanol–water partition coefficient (Wildman–Crippen LogP) is 2.31. The number of likely N-dealkylation sites (N-methyl/N-ethyl adjacent to an activating group) is 1. The number of esters is 1. The fraction of sp³-hybridized carbons (Fsp3) is 0.682. The lowest BCUT2D eigenvalue weighted by Gasteiger charge is -2.32. The number of fused-ring (bicyclic) bond motifs is 1. The van der Waals surface area contributed by atoms with E-state index in [1.165, 1.54) is 11.3 Å². The van der Waals surface area contributed by atoms with Crippen LogP contribution in [-0.2, 0) is 11.3 Å². The SMILES string of the molecule is CCOC(=O)c1sc2nc(CN(C)C)nc(N(C)CCCN3CCN(C)CC3)c2c1C. The number of nitrogens with zero attached hydrogens (tertiary/aromatic N) is 6. The summed E-state index contributed by atoms with van der Waals surface area (Å²) in [4.78, 5) is 32.8. The molecular weight excluding hydrogens is 412 g/mol. The second kappa shape index (κ2) is 10.7. The number of carbonyl (C=O) groups is 1. The van der Waals surface area contributed by atoms with Crippen molar-refractivity contribution in [2.75, 3.05) is 79.0 Å². The van der Waals surface area contributed by atoms with Gasteiger partial charge in [-0.05, 0) is 53.5 Å². The summed E-state index contributed by atoms with van der Waals surface area (Å²) in [7, 11) is 8.30. The minimum atomic E-state index is -0.277. The van der Waals surface area contributed by atoms with Crippen molar-refractivity contribution < 1.29 is 9.53 Å². The van der Waals surface area contributed by atoms with Crippen LogP contribution in [0.3, 0.4) is 0 Å². The van der Waals surface area contributed by atoms with E-state index < -0.39 is 0 Å². The normalized spacial score (nSPS) is 15.7. The molecule has 0 amide bonds. The van der Waals surface area contributed by atoms with Gasteiger partial charge in [-0.2, -0.15) is 0 Å². The fourth-order valence-corrected chi connectivity index (χ4v) is 4.98. The summed E-state index contributed by atoms with van der Waals surface area (Å²) < 4.78 is 5.27. The van der Waals surface area contributed by atoms with Gasteiger partial charge in [0.1, 0.15) is 21.3 Å². The highest BCUT2D eigenvalue weighted by atomic mass is 32.1. The molecule has 2 aromatic rings. The van der Waals surface area contributed by atoms with Gasteiger partial charge in [-0.3, -0.25) is 0 Å². The number of aromatic nitrogens is 2. The largest absolute Gasteiger partial charge is 0.462 e. The summed E-state index contributed by atoms with van der Waals surface area (Å²) in [6.07, 6.45) is 1.07. The second-order valence-corrected chi connectivity index (χ2v) is 9.58. The maximum atomic E-state index is 12.5. The third-order valence-electron chi connectivity index (χ3n) is 5.66. The van der Waals surface area contributed by atoms with Crippen molar-refractivity contribution in [3.63, 3.8) is 0 Å². The van der Waals surface area contributed by atoms with Crippen LogP contribution < -0.4 is 4.90 Å². The number of anilines is 1. The molecule has 0 atom stereocenters. The summed E-state index contributed by atoms with van der Waals surface area (Å²) in [6, 6.07) is 0. The Morgan fingerprint density at radius 1 is 1.16 bits per heavy atom. The molecule has 0 aliphatic carbocycles. The first kappa shape index (κ1) is 23.8. The molecule has 1 aliphatic heterocycles. The van der Waals surface area contributed by atoms with Gasteiger partial charge >= 0.3 is 5.97 Å². The smallest absolute Gasteiger partial charge is 0.348 e. The maximum Gasteiger partial charge on any atom is 0.348 e. The third kappa shape index (κ3) is 5.91. The number of piperazine rings is 1. The van der Waals surface area contributed by atoms with E-state index in [9.17, 15) is 4.79 Å². The van der Waals surface area contributed by atoms with Crippen molar-refractivity contribution in [2.45, 2.75) is 26.8 Å². The van der Waals surface area contributed by atoms with Crippen LogP contribution in [-0.4, -0.2) is 105 Å². The standard InChI is InChI=1S/C22H36N6O2S/c1-7-30-22(29)19-16(2)18-20(23-17(15-25(3)4)24-21(18)31-19)27(6)9-8-10-28-13-11-26(5)12-14-28/h7-15H2,1-6H3. The minimum absolute atomic E-state index is 0.277. The zero-order valence-electron chi connectivity index (χ0n) is 19.8. The highest BCUT2D eigenvalue weighted by molar-refractivity contribution is 7.20. The van der Waals surface area contributed by atoms with E-state index in [0.29, 0.717) is 18.0 Å². The number of hydrogen-bond acceptors (Lipinski definition) is 9. The van der Waals surface area contributed by atoms with Gasteiger partial charge in [0, 0.05) is 39.8 Å². The lowest BCUT2D eigenvalue weighted by atomic mass is 10.2. The van der Waals surface area contributed by atoms with Crippen LogP contribution in [0.15, 0.2) is 0 Å². The molecule has 9 heteroatoms. The van der Waals surface area contributed by atoms with Gasteiger partial charge in [-0.15, -0.1) is 11.3 Å². The van der Waals surface area contributed by atoms with E-state index in [1.807, 2.05) is 27.9 Å². The lowest BCUT2D eigenvalue weighted by Crippen LogP contribution is -2.45. The van der Waals surface area contributed by atoms with Crippen molar-refractivity contribution in [3.05, 3.63) is 16.3 Å². The molecule has 0 radical (unpaired) electrons. The average Bonchev–Trinajstić information content (AvgIpc) is 3.05. The molecule has 8 nitrogen and oxygen atoms in total. The van der Waals surface area contributed by atoms with E-state index in [-0.39, 0.29) is 5.97 Å². The molecule has 1 aliphatic rings. The van der Waals surface area contributed by atoms with Crippen molar-refractivity contribution >= 4 is 33.3 Å². The minimum Gasteiger partial charge on any atom is -0.462 e. The first-order chi connectivity index (χ1) is 14.8. The molecular formula is C22H36N6O2S. The molecule has 0 saturated carbocycles. The molecule has 0 unspecified atom stereocenters. The van der Waals surface area contributed by atoms with Crippen molar-refractivity contribution in [2.24, 2.45) is 0 Å². The summed E-state index contributed by atoms with van der Waals surface area (Å²) >= 11 is 1.41. The first-order valence-electron chi connectivity index (χ1n) is 11.0. The Kier molecular flexibility index (Phi) is 8.21. The van der Waals surface area contributed by atoms with E-state index in [1.54, 1.807) is 0 Å². The quantitative estimate of drug-likeness (QED) is 0.542. The van der Waals surface area contributed by atoms with Gasteiger partial charge in [-0.1, -0.05) is 0 Å². The highest BCUT2D eigenvalue weighted by Gasteiger charge is 2.23. The predicted molar refractivity (Wildman–Crippen MR) is 127 cm³/mol. The Morgan fingerprint density at radius 2 is 1.87 bits per heavy atom. The lowest BCUT2D eigenvalue weighted by molar-refractivity contribution is 0.0531. The maximum absolute atomic E-state index is 12.5. The molecule has 1 saturated heterocycles. The third-order valence-corrected chi connectivity index (χ3v) is 6.83. The average molecular weight is 449 g/mol. The number of carbonyl (C=O) groups excluding carboxylic acids is 1. The summed E-state index contributed by atoms with van der Waals surface area (Å²) in [5.41, 5.74) is 0.913. The van der Waals surface area contributed by atoms with E-state index >= 15 is 0 Å². The molecule has 3 rings (SSSR count). The summed E-state index contributed by atoms with van der Waals surface area (Å²) in [6.45, 7) is 11.4. The molecule has 0 N–H and O–H groups in total. The Morgan fingerprint density at radius 3 is 2.52 bits per heavy atom. The van der Waals surface area contributed by atoms with Gasteiger partial charge in [0.05, 0.1) is 18.5 Å². The van der Waals surface area contributed by atoms with Crippen LogP contribution in [0.4, 0.5) is 5.82 Å². The Bertz CT molecular complexity index is 892. The van der Waals surface area contributed by atoms with Crippen molar-refractivity contribution in [1.82, 2.24) is 24.7 Å². The van der Waals surface area contributed by atoms with Crippen LogP contribution in [0.5, 0.6) is 0 Å². The topological polar surface area (TPSA) is 65.0 Å². The molecule has 0 spiro atoms. The molecule has 2 aromatic heterocycles.